The fourth-order valence-corrected chi connectivity index (χ4v) is 4.30. The molecule has 1 aromatic carbocycles. The zero-order valence-electron chi connectivity index (χ0n) is 13.9. The fourth-order valence-electron chi connectivity index (χ4n) is 1.98. The van der Waals surface area contributed by atoms with Gasteiger partial charge < -0.3 is 5.32 Å². The first-order valence-electron chi connectivity index (χ1n) is 7.56. The predicted octanol–water partition coefficient (Wildman–Crippen LogP) is 2.93. The number of rotatable bonds is 6. The number of anilines is 1. The molecule has 130 valence electrons. The number of hydrogen-bond donors (Lipinski definition) is 1. The molecule has 1 aromatic heterocycles. The average molecular weight is 367 g/mol. The molecule has 0 aliphatic rings. The Morgan fingerprint density at radius 3 is 2.46 bits per heavy atom. The molecule has 0 saturated carbocycles. The lowest BCUT2D eigenvalue weighted by Gasteiger charge is -2.14. The molecule has 0 fully saturated rings. The molecule has 8 heteroatoms. The van der Waals surface area contributed by atoms with E-state index in [1.807, 2.05) is 0 Å². The van der Waals surface area contributed by atoms with Crippen molar-refractivity contribution >= 4 is 32.2 Å². The topological polar surface area (TPSA) is 89.0 Å². The first kappa shape index (κ1) is 18.5. The van der Waals surface area contributed by atoms with E-state index < -0.39 is 9.84 Å². The minimum absolute atomic E-state index is 0.0879. The molecule has 0 radical (unpaired) electrons. The molecule has 0 unspecified atom stereocenters. The van der Waals surface area contributed by atoms with Crippen molar-refractivity contribution in [2.75, 3.05) is 11.1 Å². The molecular formula is C16H21N3O3S2. The maximum absolute atomic E-state index is 12.1. The average Bonchev–Trinajstić information content (AvgIpc) is 2.91. The van der Waals surface area contributed by atoms with Gasteiger partial charge in [-0.25, -0.2) is 8.42 Å². The Balaban J connectivity index is 1.90. The highest BCUT2D eigenvalue weighted by atomic mass is 32.2. The number of amides is 1. The molecule has 0 atom stereocenters. The molecule has 1 N–H and O–H groups in total. The van der Waals surface area contributed by atoms with Crippen LogP contribution in [0.3, 0.4) is 0 Å². The van der Waals surface area contributed by atoms with Crippen LogP contribution in [0.5, 0.6) is 0 Å². The number of carbonyl (C=O) groups excluding carboxylic acids is 1. The van der Waals surface area contributed by atoms with Gasteiger partial charge in [0.25, 0.3) is 0 Å². The summed E-state index contributed by atoms with van der Waals surface area (Å²) in [5, 5.41) is 11.8. The van der Waals surface area contributed by atoms with Crippen LogP contribution in [0.2, 0.25) is 0 Å². The van der Waals surface area contributed by atoms with E-state index in [2.05, 4.69) is 36.3 Å². The van der Waals surface area contributed by atoms with E-state index in [4.69, 9.17) is 0 Å². The zero-order chi connectivity index (χ0) is 17.8. The normalized spacial score (nSPS) is 12.1. The van der Waals surface area contributed by atoms with Crippen molar-refractivity contribution in [1.29, 1.82) is 0 Å². The lowest BCUT2D eigenvalue weighted by atomic mass is 9.93. The van der Waals surface area contributed by atoms with E-state index in [0.717, 1.165) is 11.4 Å². The summed E-state index contributed by atoms with van der Waals surface area (Å²) in [5.74, 6) is -0.621. The van der Waals surface area contributed by atoms with Gasteiger partial charge in [-0.15, -0.1) is 10.2 Å². The predicted molar refractivity (Wildman–Crippen MR) is 94.8 cm³/mol. The Kier molecular flexibility index (Phi) is 5.71. The van der Waals surface area contributed by atoms with Gasteiger partial charge >= 0.3 is 0 Å². The van der Waals surface area contributed by atoms with Crippen molar-refractivity contribution in [1.82, 2.24) is 10.2 Å². The van der Waals surface area contributed by atoms with Crippen LogP contribution in [-0.4, -0.2) is 30.3 Å². The number of hydrogen-bond acceptors (Lipinski definition) is 6. The summed E-state index contributed by atoms with van der Waals surface area (Å²) in [6.07, 6.45) is 0.647. The molecule has 6 nitrogen and oxygen atoms in total. The summed E-state index contributed by atoms with van der Waals surface area (Å²) in [4.78, 5) is 12.2. The highest BCUT2D eigenvalue weighted by Gasteiger charge is 2.18. The third-order valence-corrected chi connectivity index (χ3v) is 5.67. The second kappa shape index (κ2) is 7.40. The van der Waals surface area contributed by atoms with E-state index in [0.29, 0.717) is 5.13 Å². The minimum Gasteiger partial charge on any atom is -0.301 e. The minimum atomic E-state index is -3.46. The monoisotopic (exact) mass is 367 g/mol. The molecule has 1 heterocycles. The maximum Gasteiger partial charge on any atom is 0.227 e. The van der Waals surface area contributed by atoms with E-state index in [1.54, 1.807) is 18.2 Å². The molecule has 0 aliphatic carbocycles. The number of aromatic nitrogens is 2. The molecular weight excluding hydrogens is 346 g/mol. The fraction of sp³-hybridized carbons (Fsp3) is 0.438. The van der Waals surface area contributed by atoms with Crippen molar-refractivity contribution in [3.63, 3.8) is 0 Å². The lowest BCUT2D eigenvalue weighted by molar-refractivity contribution is -0.115. The van der Waals surface area contributed by atoms with E-state index in [9.17, 15) is 13.2 Å². The van der Waals surface area contributed by atoms with Crippen molar-refractivity contribution in [2.45, 2.75) is 38.5 Å². The van der Waals surface area contributed by atoms with Gasteiger partial charge in [0.2, 0.25) is 11.0 Å². The second-order valence-corrected chi connectivity index (χ2v) is 9.84. The lowest BCUT2D eigenvalue weighted by Crippen LogP contribution is -2.17. The van der Waals surface area contributed by atoms with Crippen LogP contribution in [0.25, 0.3) is 0 Å². The van der Waals surface area contributed by atoms with Crippen LogP contribution >= 0.6 is 11.3 Å². The van der Waals surface area contributed by atoms with Crippen LogP contribution in [0, 0.1) is 5.41 Å². The van der Waals surface area contributed by atoms with Crippen LogP contribution in [0.4, 0.5) is 5.13 Å². The number of carbonyl (C=O) groups is 1. The van der Waals surface area contributed by atoms with Crippen molar-refractivity contribution in [2.24, 2.45) is 5.41 Å². The van der Waals surface area contributed by atoms with Gasteiger partial charge in [-0.3, -0.25) is 4.79 Å². The third kappa shape index (κ3) is 5.68. The Bertz CT molecular complexity index is 793. The molecule has 0 bridgehead atoms. The standard InChI is InChI=1S/C16H21N3O3S2/c1-16(2,3)11-14-18-19-15(23-14)17-13(20)9-10-24(21,22)12-7-5-4-6-8-12/h4-8H,9-11H2,1-3H3,(H,17,19,20). The van der Waals surface area contributed by atoms with Gasteiger partial charge in [-0.1, -0.05) is 50.3 Å². The Labute approximate surface area is 146 Å². The smallest absolute Gasteiger partial charge is 0.227 e. The summed E-state index contributed by atoms with van der Waals surface area (Å²) >= 11 is 1.31. The molecule has 2 rings (SSSR count). The van der Waals surface area contributed by atoms with Gasteiger partial charge in [-0.2, -0.15) is 0 Å². The molecule has 0 saturated heterocycles. The highest BCUT2D eigenvalue weighted by molar-refractivity contribution is 7.91. The molecule has 24 heavy (non-hydrogen) atoms. The zero-order valence-corrected chi connectivity index (χ0v) is 15.6. The molecule has 1 amide bonds. The van der Waals surface area contributed by atoms with E-state index in [-0.39, 0.29) is 28.4 Å². The number of nitrogens with zero attached hydrogens (tertiary/aromatic N) is 2. The largest absolute Gasteiger partial charge is 0.301 e. The number of benzene rings is 1. The van der Waals surface area contributed by atoms with Gasteiger partial charge in [-0.05, 0) is 17.5 Å². The van der Waals surface area contributed by atoms with Crippen LogP contribution in [0.1, 0.15) is 32.2 Å². The van der Waals surface area contributed by atoms with Crippen LogP contribution in [-0.2, 0) is 21.1 Å². The van der Waals surface area contributed by atoms with Gasteiger partial charge in [0.1, 0.15) is 5.01 Å². The van der Waals surface area contributed by atoms with Crippen molar-refractivity contribution in [3.8, 4) is 0 Å². The highest BCUT2D eigenvalue weighted by Crippen LogP contribution is 2.24. The Hall–Kier alpha value is -1.80. The SMILES string of the molecule is CC(C)(C)Cc1nnc(NC(=O)CCS(=O)(=O)c2ccccc2)s1. The van der Waals surface area contributed by atoms with Gasteiger partial charge in [0.05, 0.1) is 10.6 Å². The van der Waals surface area contributed by atoms with Gasteiger partial charge in [0, 0.05) is 12.8 Å². The van der Waals surface area contributed by atoms with Crippen molar-refractivity contribution in [3.05, 3.63) is 35.3 Å². The summed E-state index contributed by atoms with van der Waals surface area (Å²) in [7, 11) is -3.46. The molecule has 0 spiro atoms. The number of sulfone groups is 1. The summed E-state index contributed by atoms with van der Waals surface area (Å²) in [5.41, 5.74) is 0.0879. The maximum atomic E-state index is 12.1. The van der Waals surface area contributed by atoms with Crippen LogP contribution < -0.4 is 5.32 Å². The van der Waals surface area contributed by atoms with E-state index >= 15 is 0 Å². The number of nitrogens with one attached hydrogen (secondary N) is 1. The third-order valence-electron chi connectivity index (χ3n) is 3.09. The van der Waals surface area contributed by atoms with Crippen LogP contribution in [0.15, 0.2) is 35.2 Å². The van der Waals surface area contributed by atoms with E-state index in [1.165, 1.54) is 23.5 Å². The van der Waals surface area contributed by atoms with Gasteiger partial charge in [0.15, 0.2) is 9.84 Å². The first-order valence-corrected chi connectivity index (χ1v) is 10.0. The summed E-state index contributed by atoms with van der Waals surface area (Å²) < 4.78 is 24.3. The molecule has 0 aliphatic heterocycles. The summed E-state index contributed by atoms with van der Waals surface area (Å²) in [6, 6.07) is 8.11. The first-order chi connectivity index (χ1) is 11.2. The second-order valence-electron chi connectivity index (χ2n) is 6.67. The molecule has 2 aromatic rings. The Morgan fingerprint density at radius 2 is 1.83 bits per heavy atom. The Morgan fingerprint density at radius 1 is 1.17 bits per heavy atom. The quantitative estimate of drug-likeness (QED) is 0.848. The van der Waals surface area contributed by atoms with Crippen molar-refractivity contribution < 1.29 is 13.2 Å². The summed E-state index contributed by atoms with van der Waals surface area (Å²) in [6.45, 7) is 6.29.